The third-order valence-corrected chi connectivity index (χ3v) is 2.90. The van der Waals surface area contributed by atoms with Crippen molar-refractivity contribution in [2.75, 3.05) is 11.9 Å². The zero-order chi connectivity index (χ0) is 16.0. The molecule has 0 aromatic heterocycles. The van der Waals surface area contributed by atoms with Crippen molar-refractivity contribution >= 4 is 23.5 Å². The average Bonchev–Trinajstić information content (AvgIpc) is 2.38. The molecule has 0 aliphatic heterocycles. The number of carbonyl (C=O) groups is 3. The van der Waals surface area contributed by atoms with Crippen molar-refractivity contribution in [2.24, 2.45) is 0 Å². The maximum atomic E-state index is 12.4. The Bertz CT molecular complexity index is 523. The van der Waals surface area contributed by atoms with Crippen molar-refractivity contribution in [1.29, 1.82) is 0 Å². The summed E-state index contributed by atoms with van der Waals surface area (Å²) in [7, 11) is 0. The number of carboxylic acid groups (broad SMARTS) is 1. The van der Waals surface area contributed by atoms with Crippen molar-refractivity contribution in [1.82, 2.24) is 4.90 Å². The maximum Gasteiger partial charge on any atom is 0.305 e. The molecule has 0 saturated heterocycles. The second-order valence-corrected chi connectivity index (χ2v) is 4.99. The second kappa shape index (κ2) is 7.42. The lowest BCUT2D eigenvalue weighted by molar-refractivity contribution is -0.137. The topological polar surface area (TPSA) is 86.7 Å². The number of aliphatic carboxylic acids is 1. The van der Waals surface area contributed by atoms with Gasteiger partial charge in [0.15, 0.2) is 0 Å². The molecule has 0 unspecified atom stereocenters. The van der Waals surface area contributed by atoms with Gasteiger partial charge in [-0.3, -0.25) is 14.4 Å². The van der Waals surface area contributed by atoms with Crippen molar-refractivity contribution in [3.63, 3.8) is 0 Å². The van der Waals surface area contributed by atoms with Crippen LogP contribution in [0.2, 0.25) is 0 Å². The highest BCUT2D eigenvalue weighted by molar-refractivity contribution is 5.95. The van der Waals surface area contributed by atoms with Gasteiger partial charge in [-0.05, 0) is 38.1 Å². The van der Waals surface area contributed by atoms with E-state index in [0.29, 0.717) is 11.3 Å². The standard InChI is InChI=1S/C15H20N2O4/c1-10(2)17(9-8-14(19)20)15(21)12-4-6-13(7-5-12)16-11(3)18/h4-7,10H,8-9H2,1-3H3,(H,16,18)(H,19,20). The molecule has 6 nitrogen and oxygen atoms in total. The molecule has 0 saturated carbocycles. The van der Waals surface area contributed by atoms with Crippen molar-refractivity contribution in [2.45, 2.75) is 33.2 Å². The fraction of sp³-hybridized carbons (Fsp3) is 0.400. The molecule has 21 heavy (non-hydrogen) atoms. The number of carboxylic acids is 1. The molecule has 6 heteroatoms. The fourth-order valence-corrected chi connectivity index (χ4v) is 1.88. The predicted molar refractivity (Wildman–Crippen MR) is 79.2 cm³/mol. The van der Waals surface area contributed by atoms with E-state index in [2.05, 4.69) is 5.32 Å². The first-order chi connectivity index (χ1) is 9.81. The van der Waals surface area contributed by atoms with E-state index < -0.39 is 5.97 Å². The molecule has 0 fully saturated rings. The summed E-state index contributed by atoms with van der Waals surface area (Å²) < 4.78 is 0. The SMILES string of the molecule is CC(=O)Nc1ccc(C(=O)N(CCC(=O)O)C(C)C)cc1. The molecule has 114 valence electrons. The van der Waals surface area contributed by atoms with Gasteiger partial charge in [0.2, 0.25) is 5.91 Å². The summed E-state index contributed by atoms with van der Waals surface area (Å²) in [6, 6.07) is 6.43. The van der Waals surface area contributed by atoms with Crippen LogP contribution in [0.5, 0.6) is 0 Å². The summed E-state index contributed by atoms with van der Waals surface area (Å²) in [5.41, 5.74) is 1.07. The Morgan fingerprint density at radius 1 is 1.19 bits per heavy atom. The van der Waals surface area contributed by atoms with Crippen LogP contribution in [0.3, 0.4) is 0 Å². The Balaban J connectivity index is 2.83. The summed E-state index contributed by atoms with van der Waals surface area (Å²) in [5, 5.41) is 11.4. The van der Waals surface area contributed by atoms with Gasteiger partial charge in [0.1, 0.15) is 0 Å². The number of rotatable bonds is 6. The normalized spacial score (nSPS) is 10.3. The van der Waals surface area contributed by atoms with E-state index >= 15 is 0 Å². The Morgan fingerprint density at radius 3 is 2.19 bits per heavy atom. The van der Waals surface area contributed by atoms with Gasteiger partial charge in [-0.15, -0.1) is 0 Å². The zero-order valence-electron chi connectivity index (χ0n) is 12.4. The highest BCUT2D eigenvalue weighted by Crippen LogP contribution is 2.13. The van der Waals surface area contributed by atoms with Crippen LogP contribution in [0.25, 0.3) is 0 Å². The molecule has 2 N–H and O–H groups in total. The molecule has 0 aliphatic carbocycles. The van der Waals surface area contributed by atoms with E-state index in [-0.39, 0.29) is 30.8 Å². The summed E-state index contributed by atoms with van der Waals surface area (Å²) in [5.74, 6) is -1.34. The average molecular weight is 292 g/mol. The van der Waals surface area contributed by atoms with Crippen LogP contribution in [0.1, 0.15) is 37.6 Å². The number of nitrogens with zero attached hydrogens (tertiary/aromatic N) is 1. The molecule has 0 bridgehead atoms. The second-order valence-electron chi connectivity index (χ2n) is 4.99. The quantitative estimate of drug-likeness (QED) is 0.839. The molecular weight excluding hydrogens is 272 g/mol. The van der Waals surface area contributed by atoms with E-state index in [0.717, 1.165) is 0 Å². The molecule has 0 atom stereocenters. The first-order valence-electron chi connectivity index (χ1n) is 6.71. The van der Waals surface area contributed by atoms with Crippen LogP contribution in [0, 0.1) is 0 Å². The number of hydrogen-bond acceptors (Lipinski definition) is 3. The van der Waals surface area contributed by atoms with E-state index in [4.69, 9.17) is 5.11 Å². The summed E-state index contributed by atoms with van der Waals surface area (Å²) in [4.78, 5) is 35.5. The van der Waals surface area contributed by atoms with E-state index in [9.17, 15) is 14.4 Å². The lowest BCUT2D eigenvalue weighted by Gasteiger charge is -2.26. The molecule has 0 aliphatic rings. The summed E-state index contributed by atoms with van der Waals surface area (Å²) >= 11 is 0. The van der Waals surface area contributed by atoms with Crippen LogP contribution in [0.4, 0.5) is 5.69 Å². The number of benzene rings is 1. The first kappa shape index (κ1) is 16.7. The van der Waals surface area contributed by atoms with E-state index in [1.807, 2.05) is 13.8 Å². The van der Waals surface area contributed by atoms with Gasteiger partial charge in [0, 0.05) is 30.8 Å². The maximum absolute atomic E-state index is 12.4. The molecule has 1 aromatic rings. The predicted octanol–water partition coefficient (Wildman–Crippen LogP) is 1.97. The third kappa shape index (κ3) is 5.25. The highest BCUT2D eigenvalue weighted by Gasteiger charge is 2.19. The van der Waals surface area contributed by atoms with Gasteiger partial charge in [0.25, 0.3) is 5.91 Å². The monoisotopic (exact) mass is 292 g/mol. The minimum absolute atomic E-state index is 0.0894. The van der Waals surface area contributed by atoms with Crippen molar-refractivity contribution in [3.8, 4) is 0 Å². The van der Waals surface area contributed by atoms with E-state index in [1.165, 1.54) is 11.8 Å². The molecule has 2 amide bonds. The number of hydrogen-bond donors (Lipinski definition) is 2. The van der Waals surface area contributed by atoms with Crippen LogP contribution >= 0.6 is 0 Å². The molecular formula is C15H20N2O4. The lowest BCUT2D eigenvalue weighted by Crippen LogP contribution is -2.38. The lowest BCUT2D eigenvalue weighted by atomic mass is 10.1. The Hall–Kier alpha value is -2.37. The molecule has 0 heterocycles. The largest absolute Gasteiger partial charge is 0.481 e. The molecule has 0 spiro atoms. The van der Waals surface area contributed by atoms with Crippen molar-refractivity contribution in [3.05, 3.63) is 29.8 Å². The minimum atomic E-state index is -0.936. The van der Waals surface area contributed by atoms with Gasteiger partial charge < -0.3 is 15.3 Å². The smallest absolute Gasteiger partial charge is 0.305 e. The number of carbonyl (C=O) groups excluding carboxylic acids is 2. The van der Waals surface area contributed by atoms with Crippen LogP contribution in [-0.2, 0) is 9.59 Å². The van der Waals surface area contributed by atoms with Gasteiger partial charge in [-0.2, -0.15) is 0 Å². The van der Waals surface area contributed by atoms with Gasteiger partial charge in [-0.1, -0.05) is 0 Å². The van der Waals surface area contributed by atoms with Crippen molar-refractivity contribution < 1.29 is 19.5 Å². The van der Waals surface area contributed by atoms with Crippen LogP contribution < -0.4 is 5.32 Å². The minimum Gasteiger partial charge on any atom is -0.481 e. The summed E-state index contributed by atoms with van der Waals surface area (Å²) in [6.07, 6.45) is -0.0894. The molecule has 1 aromatic carbocycles. The highest BCUT2D eigenvalue weighted by atomic mass is 16.4. The Labute approximate surface area is 123 Å². The number of anilines is 1. The third-order valence-electron chi connectivity index (χ3n) is 2.90. The van der Waals surface area contributed by atoms with Gasteiger partial charge >= 0.3 is 5.97 Å². The summed E-state index contributed by atoms with van der Waals surface area (Å²) in [6.45, 7) is 5.25. The van der Waals surface area contributed by atoms with E-state index in [1.54, 1.807) is 24.3 Å². The van der Waals surface area contributed by atoms with Gasteiger partial charge in [-0.25, -0.2) is 0 Å². The Kier molecular flexibility index (Phi) is 5.90. The first-order valence-corrected chi connectivity index (χ1v) is 6.71. The number of nitrogens with one attached hydrogen (secondary N) is 1. The number of amides is 2. The van der Waals surface area contributed by atoms with Gasteiger partial charge in [0.05, 0.1) is 6.42 Å². The van der Waals surface area contributed by atoms with Crippen LogP contribution in [0.15, 0.2) is 24.3 Å². The zero-order valence-corrected chi connectivity index (χ0v) is 12.4. The molecule has 0 radical (unpaired) electrons. The Morgan fingerprint density at radius 2 is 1.76 bits per heavy atom. The van der Waals surface area contributed by atoms with Crippen LogP contribution in [-0.4, -0.2) is 40.4 Å². The molecule has 1 rings (SSSR count). The fourth-order valence-electron chi connectivity index (χ4n) is 1.88.